The van der Waals surface area contributed by atoms with Gasteiger partial charge in [-0.15, -0.1) is 5.10 Å². The number of halogens is 1. The summed E-state index contributed by atoms with van der Waals surface area (Å²) >= 11 is 6.21. The van der Waals surface area contributed by atoms with Crippen LogP contribution in [0, 0.1) is 6.92 Å². The summed E-state index contributed by atoms with van der Waals surface area (Å²) in [7, 11) is 0. The van der Waals surface area contributed by atoms with Crippen molar-refractivity contribution in [3.05, 3.63) is 53.1 Å². The van der Waals surface area contributed by atoms with Crippen molar-refractivity contribution in [1.29, 1.82) is 0 Å². The minimum Gasteiger partial charge on any atom is -0.399 e. The Morgan fingerprint density at radius 1 is 1.15 bits per heavy atom. The van der Waals surface area contributed by atoms with Crippen LogP contribution in [0.3, 0.4) is 0 Å². The van der Waals surface area contributed by atoms with Crippen molar-refractivity contribution in [1.82, 2.24) is 20.2 Å². The maximum Gasteiger partial charge on any atom is 0.187 e. The summed E-state index contributed by atoms with van der Waals surface area (Å²) in [6.45, 7) is 1.99. The van der Waals surface area contributed by atoms with Gasteiger partial charge >= 0.3 is 0 Å². The van der Waals surface area contributed by atoms with E-state index in [2.05, 4.69) is 15.5 Å². The van der Waals surface area contributed by atoms with Crippen molar-refractivity contribution in [2.24, 2.45) is 0 Å². The molecule has 0 unspecified atom stereocenters. The summed E-state index contributed by atoms with van der Waals surface area (Å²) in [6.07, 6.45) is 0. The fourth-order valence-electron chi connectivity index (χ4n) is 2.02. The monoisotopic (exact) mass is 285 g/mol. The Morgan fingerprint density at radius 2 is 1.95 bits per heavy atom. The molecule has 0 saturated heterocycles. The third-order valence-electron chi connectivity index (χ3n) is 3.05. The predicted molar refractivity (Wildman–Crippen MR) is 78.7 cm³/mol. The van der Waals surface area contributed by atoms with E-state index in [1.807, 2.05) is 43.3 Å². The molecule has 0 fully saturated rings. The lowest BCUT2D eigenvalue weighted by Gasteiger charge is -2.09. The second-order valence-electron chi connectivity index (χ2n) is 4.44. The van der Waals surface area contributed by atoms with Crippen molar-refractivity contribution in [3.63, 3.8) is 0 Å². The average molecular weight is 286 g/mol. The van der Waals surface area contributed by atoms with Gasteiger partial charge in [0.25, 0.3) is 0 Å². The van der Waals surface area contributed by atoms with Crippen LogP contribution in [-0.4, -0.2) is 20.2 Å². The molecule has 1 heterocycles. The van der Waals surface area contributed by atoms with E-state index < -0.39 is 0 Å². The van der Waals surface area contributed by atoms with Crippen LogP contribution in [0.2, 0.25) is 5.02 Å². The van der Waals surface area contributed by atoms with Gasteiger partial charge in [-0.1, -0.05) is 29.8 Å². The summed E-state index contributed by atoms with van der Waals surface area (Å²) < 4.78 is 1.62. The average Bonchev–Trinajstić information content (AvgIpc) is 2.91. The SMILES string of the molecule is Cc1ccc(N)cc1-c1nnnn1-c1ccccc1Cl. The van der Waals surface area contributed by atoms with Crippen LogP contribution < -0.4 is 5.73 Å². The maximum atomic E-state index is 6.21. The third-order valence-corrected chi connectivity index (χ3v) is 3.37. The van der Waals surface area contributed by atoms with Gasteiger partial charge in [0.1, 0.15) is 0 Å². The van der Waals surface area contributed by atoms with Crippen LogP contribution in [0.1, 0.15) is 5.56 Å². The molecule has 0 aliphatic heterocycles. The lowest BCUT2D eigenvalue weighted by Crippen LogP contribution is -2.02. The van der Waals surface area contributed by atoms with Gasteiger partial charge in [0.2, 0.25) is 0 Å². The standard InChI is InChI=1S/C14H12ClN5/c1-9-6-7-10(16)8-11(9)14-17-18-19-20(14)13-5-3-2-4-12(13)15/h2-8H,16H2,1H3. The largest absolute Gasteiger partial charge is 0.399 e. The fourth-order valence-corrected chi connectivity index (χ4v) is 2.24. The van der Waals surface area contributed by atoms with E-state index in [9.17, 15) is 0 Å². The Bertz CT molecular complexity index is 766. The first-order chi connectivity index (χ1) is 9.66. The molecule has 3 aromatic rings. The normalized spacial score (nSPS) is 10.7. The molecule has 3 rings (SSSR count). The molecule has 0 aliphatic carbocycles. The second-order valence-corrected chi connectivity index (χ2v) is 4.85. The summed E-state index contributed by atoms with van der Waals surface area (Å²) in [6, 6.07) is 13.1. The van der Waals surface area contributed by atoms with Crippen LogP contribution in [0.5, 0.6) is 0 Å². The van der Waals surface area contributed by atoms with E-state index in [1.54, 1.807) is 10.7 Å². The molecular formula is C14H12ClN5. The summed E-state index contributed by atoms with van der Waals surface area (Å²) in [5.41, 5.74) is 9.17. The number of hydrogen-bond acceptors (Lipinski definition) is 4. The van der Waals surface area contributed by atoms with Crippen molar-refractivity contribution in [2.45, 2.75) is 6.92 Å². The van der Waals surface area contributed by atoms with Gasteiger partial charge in [-0.05, 0) is 47.2 Å². The molecule has 1 aromatic heterocycles. The topological polar surface area (TPSA) is 69.6 Å². The molecule has 2 aromatic carbocycles. The van der Waals surface area contributed by atoms with Crippen molar-refractivity contribution >= 4 is 17.3 Å². The summed E-state index contributed by atoms with van der Waals surface area (Å²) in [5, 5.41) is 12.5. The number of aryl methyl sites for hydroxylation is 1. The quantitative estimate of drug-likeness (QED) is 0.735. The van der Waals surface area contributed by atoms with E-state index in [4.69, 9.17) is 17.3 Å². The Hall–Kier alpha value is -2.40. The first kappa shape index (κ1) is 12.6. The molecule has 0 spiro atoms. The van der Waals surface area contributed by atoms with Crippen LogP contribution in [-0.2, 0) is 0 Å². The summed E-state index contributed by atoms with van der Waals surface area (Å²) in [5.74, 6) is 0.614. The number of nitrogens with two attached hydrogens (primary N) is 1. The second kappa shape index (κ2) is 4.94. The van der Waals surface area contributed by atoms with Gasteiger partial charge in [0, 0.05) is 11.3 Å². The molecule has 20 heavy (non-hydrogen) atoms. The van der Waals surface area contributed by atoms with Gasteiger partial charge in [0.05, 0.1) is 10.7 Å². The lowest BCUT2D eigenvalue weighted by molar-refractivity contribution is 0.791. The molecule has 0 atom stereocenters. The van der Waals surface area contributed by atoms with E-state index >= 15 is 0 Å². The highest BCUT2D eigenvalue weighted by atomic mass is 35.5. The minimum absolute atomic E-state index is 0.586. The van der Waals surface area contributed by atoms with Crippen LogP contribution in [0.15, 0.2) is 42.5 Å². The summed E-state index contributed by atoms with van der Waals surface area (Å²) in [4.78, 5) is 0. The zero-order chi connectivity index (χ0) is 14.1. The van der Waals surface area contributed by atoms with E-state index in [1.165, 1.54) is 0 Å². The third kappa shape index (κ3) is 2.12. The lowest BCUT2D eigenvalue weighted by atomic mass is 10.1. The molecule has 5 nitrogen and oxygen atoms in total. The number of aromatic nitrogens is 4. The first-order valence-electron chi connectivity index (χ1n) is 6.06. The number of nitrogen functional groups attached to an aromatic ring is 1. The Balaban J connectivity index is 2.21. The van der Waals surface area contributed by atoms with Crippen molar-refractivity contribution < 1.29 is 0 Å². The van der Waals surface area contributed by atoms with E-state index in [-0.39, 0.29) is 0 Å². The fraction of sp³-hybridized carbons (Fsp3) is 0.0714. The van der Waals surface area contributed by atoms with Crippen molar-refractivity contribution in [3.8, 4) is 17.1 Å². The number of anilines is 1. The highest BCUT2D eigenvalue weighted by Gasteiger charge is 2.14. The van der Waals surface area contributed by atoms with E-state index in [0.29, 0.717) is 16.5 Å². The van der Waals surface area contributed by atoms with Gasteiger partial charge in [0.15, 0.2) is 5.82 Å². The minimum atomic E-state index is 0.586. The zero-order valence-corrected chi connectivity index (χ0v) is 11.5. The molecule has 0 amide bonds. The number of benzene rings is 2. The van der Waals surface area contributed by atoms with Gasteiger partial charge in [-0.2, -0.15) is 4.68 Å². The van der Waals surface area contributed by atoms with Gasteiger partial charge in [-0.25, -0.2) is 0 Å². The Morgan fingerprint density at radius 3 is 2.75 bits per heavy atom. The molecule has 0 bridgehead atoms. The molecular weight excluding hydrogens is 274 g/mol. The number of rotatable bonds is 2. The zero-order valence-electron chi connectivity index (χ0n) is 10.8. The number of para-hydroxylation sites is 1. The number of hydrogen-bond donors (Lipinski definition) is 1. The molecule has 0 aliphatic rings. The smallest absolute Gasteiger partial charge is 0.187 e. The van der Waals surface area contributed by atoms with Crippen LogP contribution >= 0.6 is 11.6 Å². The van der Waals surface area contributed by atoms with Crippen LogP contribution in [0.25, 0.3) is 17.1 Å². The van der Waals surface area contributed by atoms with Crippen LogP contribution in [0.4, 0.5) is 5.69 Å². The number of tetrazole rings is 1. The molecule has 0 saturated carbocycles. The van der Waals surface area contributed by atoms with E-state index in [0.717, 1.165) is 16.8 Å². The van der Waals surface area contributed by atoms with Gasteiger partial charge in [-0.3, -0.25) is 0 Å². The van der Waals surface area contributed by atoms with Crippen molar-refractivity contribution in [2.75, 3.05) is 5.73 Å². The highest BCUT2D eigenvalue weighted by molar-refractivity contribution is 6.32. The van der Waals surface area contributed by atoms with Gasteiger partial charge < -0.3 is 5.73 Å². The maximum absolute atomic E-state index is 6.21. The molecule has 2 N–H and O–H groups in total. The molecule has 6 heteroatoms. The Labute approximate surface area is 121 Å². The number of nitrogens with zero attached hydrogens (tertiary/aromatic N) is 4. The molecule has 0 radical (unpaired) electrons. The predicted octanol–water partition coefficient (Wildman–Crippen LogP) is 2.87. The highest BCUT2D eigenvalue weighted by Crippen LogP contribution is 2.27. The molecule has 100 valence electrons. The Kier molecular flexibility index (Phi) is 3.12. The first-order valence-corrected chi connectivity index (χ1v) is 6.44.